The number of aromatic amines is 1. The highest BCUT2D eigenvalue weighted by Crippen LogP contribution is 2.31. The minimum Gasteiger partial charge on any atom is -0.334 e. The average molecular weight is 369 g/mol. The topological polar surface area (TPSA) is 83.4 Å². The highest BCUT2D eigenvalue weighted by molar-refractivity contribution is 5.79. The summed E-state index contributed by atoms with van der Waals surface area (Å²) in [5.41, 5.74) is 1.08. The van der Waals surface area contributed by atoms with Crippen LogP contribution in [0.4, 0.5) is 4.39 Å². The summed E-state index contributed by atoms with van der Waals surface area (Å²) in [6.45, 7) is 2.11. The van der Waals surface area contributed by atoms with Crippen LogP contribution in [0.5, 0.6) is 0 Å². The van der Waals surface area contributed by atoms with Gasteiger partial charge in [0.25, 0.3) is 0 Å². The second-order valence-corrected chi connectivity index (χ2v) is 6.82. The lowest BCUT2D eigenvalue weighted by Gasteiger charge is -2.35. The fourth-order valence-electron chi connectivity index (χ4n) is 3.62. The highest BCUT2D eigenvalue weighted by atomic mass is 19.1. The predicted octanol–water partition coefficient (Wildman–Crippen LogP) is 2.16. The maximum atomic E-state index is 13.9. The number of hydrogen-bond donors (Lipinski definition) is 1. The van der Waals surface area contributed by atoms with Crippen LogP contribution in [0.3, 0.4) is 0 Å². The molecule has 1 atom stereocenters. The molecule has 1 amide bonds. The predicted molar refractivity (Wildman–Crippen MR) is 96.8 cm³/mol. The van der Waals surface area contributed by atoms with Crippen molar-refractivity contribution in [2.24, 2.45) is 0 Å². The van der Waals surface area contributed by atoms with E-state index in [2.05, 4.69) is 15.1 Å². The van der Waals surface area contributed by atoms with Crippen LogP contribution in [0, 0.1) is 12.7 Å². The highest BCUT2D eigenvalue weighted by Gasteiger charge is 2.30. The van der Waals surface area contributed by atoms with E-state index in [1.54, 1.807) is 12.3 Å². The van der Waals surface area contributed by atoms with Crippen molar-refractivity contribution < 1.29 is 9.18 Å². The Morgan fingerprint density at radius 1 is 1.37 bits per heavy atom. The normalized spacial score (nSPS) is 17.4. The number of nitrogens with zero attached hydrogens (tertiary/aromatic N) is 4. The number of nitrogens with one attached hydrogen (secondary N) is 1. The molecule has 3 aromatic heterocycles. The third-order valence-electron chi connectivity index (χ3n) is 4.99. The Labute approximate surface area is 154 Å². The lowest BCUT2D eigenvalue weighted by Crippen LogP contribution is -2.39. The van der Waals surface area contributed by atoms with E-state index in [4.69, 9.17) is 0 Å². The summed E-state index contributed by atoms with van der Waals surface area (Å²) in [6.07, 6.45) is 4.57. The van der Waals surface area contributed by atoms with Gasteiger partial charge in [-0.15, -0.1) is 0 Å². The molecule has 8 heteroatoms. The lowest BCUT2D eigenvalue weighted by molar-refractivity contribution is -0.134. The van der Waals surface area contributed by atoms with Crippen LogP contribution >= 0.6 is 0 Å². The minimum absolute atomic E-state index is 0.0141. The summed E-state index contributed by atoms with van der Waals surface area (Å²) in [5.74, 6) is -0.882. The Morgan fingerprint density at radius 3 is 3.00 bits per heavy atom. The Kier molecular flexibility index (Phi) is 4.47. The van der Waals surface area contributed by atoms with Crippen LogP contribution in [-0.2, 0) is 11.2 Å². The SMILES string of the molecule is Cc1nc2cc(C3CCCCN3C(=O)Cc3ccccn3)[nH]n2c(=O)c1F. The number of aryl methyl sites for hydroxylation is 1. The molecule has 0 saturated carbocycles. The molecule has 4 rings (SSSR count). The Bertz CT molecular complexity index is 1040. The molecule has 4 heterocycles. The molecule has 0 aromatic carbocycles. The first-order valence-corrected chi connectivity index (χ1v) is 9.02. The van der Waals surface area contributed by atoms with E-state index in [0.717, 1.165) is 29.5 Å². The number of carbonyl (C=O) groups excluding carboxylic acids is 1. The monoisotopic (exact) mass is 369 g/mol. The molecular formula is C19H20FN5O2. The summed E-state index contributed by atoms with van der Waals surface area (Å²) >= 11 is 0. The summed E-state index contributed by atoms with van der Waals surface area (Å²) in [4.78, 5) is 35.2. The van der Waals surface area contributed by atoms with Crippen LogP contribution < -0.4 is 5.56 Å². The summed E-state index contributed by atoms with van der Waals surface area (Å²) in [5, 5.41) is 2.94. The molecule has 1 fully saturated rings. The number of likely N-dealkylation sites (tertiary alicyclic amines) is 1. The van der Waals surface area contributed by atoms with Crippen molar-refractivity contribution in [1.29, 1.82) is 0 Å². The molecule has 0 bridgehead atoms. The first kappa shape index (κ1) is 17.4. The summed E-state index contributed by atoms with van der Waals surface area (Å²) < 4.78 is 15.0. The van der Waals surface area contributed by atoms with E-state index in [9.17, 15) is 14.0 Å². The van der Waals surface area contributed by atoms with Crippen molar-refractivity contribution in [2.75, 3.05) is 6.54 Å². The molecule has 1 N–H and O–H groups in total. The summed E-state index contributed by atoms with van der Waals surface area (Å²) in [7, 11) is 0. The van der Waals surface area contributed by atoms with Crippen molar-refractivity contribution in [1.82, 2.24) is 24.5 Å². The maximum Gasteiger partial charge on any atom is 0.308 e. The fraction of sp³-hybridized carbons (Fsp3) is 0.368. The van der Waals surface area contributed by atoms with E-state index >= 15 is 0 Å². The molecule has 140 valence electrons. The van der Waals surface area contributed by atoms with Gasteiger partial charge in [-0.1, -0.05) is 6.07 Å². The first-order chi connectivity index (χ1) is 13.0. The second kappa shape index (κ2) is 6.94. The van der Waals surface area contributed by atoms with Gasteiger partial charge < -0.3 is 4.90 Å². The number of halogens is 1. The largest absolute Gasteiger partial charge is 0.334 e. The number of rotatable bonds is 3. The van der Waals surface area contributed by atoms with E-state index < -0.39 is 11.4 Å². The van der Waals surface area contributed by atoms with Crippen molar-refractivity contribution >= 4 is 11.6 Å². The van der Waals surface area contributed by atoms with E-state index in [0.29, 0.717) is 17.9 Å². The van der Waals surface area contributed by atoms with E-state index in [1.165, 1.54) is 6.92 Å². The molecule has 7 nitrogen and oxygen atoms in total. The van der Waals surface area contributed by atoms with Gasteiger partial charge in [-0.25, -0.2) is 4.98 Å². The quantitative estimate of drug-likeness (QED) is 0.767. The second-order valence-electron chi connectivity index (χ2n) is 6.82. The number of fused-ring (bicyclic) bond motifs is 1. The van der Waals surface area contributed by atoms with Gasteiger partial charge in [0.05, 0.1) is 23.9 Å². The number of H-pyrrole nitrogens is 1. The molecular weight excluding hydrogens is 349 g/mol. The lowest BCUT2D eigenvalue weighted by atomic mass is 9.98. The maximum absolute atomic E-state index is 13.9. The zero-order valence-corrected chi connectivity index (χ0v) is 15.0. The number of hydrogen-bond acceptors (Lipinski definition) is 4. The number of amides is 1. The standard InChI is InChI=1S/C19H20FN5O2/c1-12-18(20)19(27)25-16(22-12)11-14(23-25)15-7-3-5-9-24(15)17(26)10-13-6-2-4-8-21-13/h2,4,6,8,11,15,23H,3,5,7,9-10H2,1H3. The molecule has 1 aliphatic rings. The Balaban J connectivity index is 1.66. The Morgan fingerprint density at radius 2 is 2.22 bits per heavy atom. The minimum atomic E-state index is -0.868. The van der Waals surface area contributed by atoms with Crippen LogP contribution in [0.1, 0.15) is 42.4 Å². The Hall–Kier alpha value is -3.03. The van der Waals surface area contributed by atoms with Crippen LogP contribution in [0.2, 0.25) is 0 Å². The molecule has 27 heavy (non-hydrogen) atoms. The number of aromatic nitrogens is 4. The number of carbonyl (C=O) groups is 1. The van der Waals surface area contributed by atoms with E-state index in [1.807, 2.05) is 23.1 Å². The molecule has 1 aliphatic heterocycles. The van der Waals surface area contributed by atoms with Crippen molar-refractivity contribution in [3.63, 3.8) is 0 Å². The molecule has 0 aliphatic carbocycles. The zero-order valence-electron chi connectivity index (χ0n) is 15.0. The average Bonchev–Trinajstić information content (AvgIpc) is 3.11. The number of pyridine rings is 1. The fourth-order valence-corrected chi connectivity index (χ4v) is 3.62. The molecule has 3 aromatic rings. The van der Waals surface area contributed by atoms with Crippen molar-refractivity contribution in [3.05, 3.63) is 63.7 Å². The van der Waals surface area contributed by atoms with Crippen molar-refractivity contribution in [3.8, 4) is 0 Å². The third-order valence-corrected chi connectivity index (χ3v) is 4.99. The van der Waals surface area contributed by atoms with Crippen LogP contribution in [0.15, 0.2) is 35.3 Å². The van der Waals surface area contributed by atoms with Gasteiger partial charge in [-0.05, 0) is 38.3 Å². The van der Waals surface area contributed by atoms with Gasteiger partial charge in [0.1, 0.15) is 0 Å². The van der Waals surface area contributed by atoms with Gasteiger partial charge in [0, 0.05) is 24.5 Å². The molecule has 0 radical (unpaired) electrons. The molecule has 1 saturated heterocycles. The van der Waals surface area contributed by atoms with Gasteiger partial charge in [-0.2, -0.15) is 8.91 Å². The first-order valence-electron chi connectivity index (χ1n) is 9.02. The van der Waals surface area contributed by atoms with Gasteiger partial charge in [0.15, 0.2) is 5.65 Å². The van der Waals surface area contributed by atoms with Crippen LogP contribution in [-0.4, -0.2) is 36.9 Å². The summed E-state index contributed by atoms with van der Waals surface area (Å²) in [6, 6.07) is 7.03. The van der Waals surface area contributed by atoms with Gasteiger partial charge >= 0.3 is 5.56 Å². The molecule has 0 spiro atoms. The van der Waals surface area contributed by atoms with Crippen LogP contribution in [0.25, 0.3) is 5.65 Å². The van der Waals surface area contributed by atoms with Gasteiger partial charge in [0.2, 0.25) is 11.7 Å². The van der Waals surface area contributed by atoms with Gasteiger partial charge in [-0.3, -0.25) is 19.7 Å². The van der Waals surface area contributed by atoms with E-state index in [-0.39, 0.29) is 24.1 Å². The number of piperidine rings is 1. The smallest absolute Gasteiger partial charge is 0.308 e. The third kappa shape index (κ3) is 3.22. The zero-order chi connectivity index (χ0) is 19.0. The molecule has 1 unspecified atom stereocenters. The van der Waals surface area contributed by atoms with Crippen molar-refractivity contribution in [2.45, 2.75) is 38.6 Å².